The average molecular weight is 240 g/mol. The summed E-state index contributed by atoms with van der Waals surface area (Å²) in [7, 11) is 0. The Hall–Kier alpha value is -2.76. The summed E-state index contributed by atoms with van der Waals surface area (Å²) < 4.78 is 5.11. The second kappa shape index (κ2) is 4.25. The molecule has 0 aromatic carbocycles. The molecule has 0 aliphatic rings. The number of H-pyrrole nitrogens is 1. The van der Waals surface area contributed by atoms with Crippen LogP contribution in [0, 0.1) is 0 Å². The molecule has 3 aromatic heterocycles. The molecule has 6 nitrogen and oxygen atoms in total. The molecule has 0 radical (unpaired) electrons. The number of nitrogens with zero attached hydrogens (tertiary/aromatic N) is 3. The molecule has 0 saturated heterocycles. The fourth-order valence-electron chi connectivity index (χ4n) is 1.53. The average Bonchev–Trinajstić information content (AvgIpc) is 2.93. The van der Waals surface area contributed by atoms with Crippen molar-refractivity contribution >= 4 is 0 Å². The minimum absolute atomic E-state index is 0.152. The summed E-state index contributed by atoms with van der Waals surface area (Å²) in [4.78, 5) is 18.6. The maximum Gasteiger partial charge on any atom is 0.281 e. The monoisotopic (exact) mass is 240 g/mol. The summed E-state index contributed by atoms with van der Waals surface area (Å²) in [6.45, 7) is 0. The minimum atomic E-state index is -0.361. The van der Waals surface area contributed by atoms with E-state index in [0.717, 1.165) is 0 Å². The van der Waals surface area contributed by atoms with Gasteiger partial charge in [0, 0.05) is 6.20 Å². The molecule has 6 heteroatoms. The van der Waals surface area contributed by atoms with Crippen molar-refractivity contribution in [3.8, 4) is 23.0 Å². The van der Waals surface area contributed by atoms with Crippen LogP contribution in [0.2, 0.25) is 0 Å². The summed E-state index contributed by atoms with van der Waals surface area (Å²) in [6.07, 6.45) is 3.10. The molecule has 88 valence electrons. The highest BCUT2D eigenvalue weighted by Crippen LogP contribution is 2.13. The predicted octanol–water partition coefficient (Wildman–Crippen LogP) is 1.49. The third-order valence-corrected chi connectivity index (χ3v) is 2.36. The minimum Gasteiger partial charge on any atom is -0.462 e. The topological polar surface area (TPSA) is 84.7 Å². The quantitative estimate of drug-likeness (QED) is 0.733. The SMILES string of the molecule is O=c1[nH]c(-c2ccccn2)nnc1-c1ccco1. The highest BCUT2D eigenvalue weighted by Gasteiger charge is 2.11. The first-order valence-electron chi connectivity index (χ1n) is 5.27. The third kappa shape index (κ3) is 1.80. The molecule has 3 rings (SSSR count). The third-order valence-electron chi connectivity index (χ3n) is 2.36. The second-order valence-electron chi connectivity index (χ2n) is 3.54. The number of hydrogen-bond donors (Lipinski definition) is 1. The lowest BCUT2D eigenvalue weighted by molar-refractivity contribution is 0.577. The Bertz CT molecular complexity index is 704. The van der Waals surface area contributed by atoms with E-state index in [1.54, 1.807) is 30.5 Å². The number of pyridine rings is 1. The molecule has 0 spiro atoms. The lowest BCUT2D eigenvalue weighted by Crippen LogP contribution is -2.14. The van der Waals surface area contributed by atoms with Crippen LogP contribution in [0.15, 0.2) is 52.0 Å². The summed E-state index contributed by atoms with van der Waals surface area (Å²) >= 11 is 0. The summed E-state index contributed by atoms with van der Waals surface area (Å²) in [5.41, 5.74) is 0.355. The van der Waals surface area contributed by atoms with E-state index in [-0.39, 0.29) is 11.3 Å². The Balaban J connectivity index is 2.08. The van der Waals surface area contributed by atoms with E-state index >= 15 is 0 Å². The second-order valence-corrected chi connectivity index (χ2v) is 3.54. The molecule has 0 unspecified atom stereocenters. The van der Waals surface area contributed by atoms with Crippen LogP contribution < -0.4 is 5.56 Å². The maximum atomic E-state index is 11.9. The number of aromatic nitrogens is 4. The van der Waals surface area contributed by atoms with Crippen molar-refractivity contribution in [3.63, 3.8) is 0 Å². The van der Waals surface area contributed by atoms with E-state index in [4.69, 9.17) is 4.42 Å². The van der Waals surface area contributed by atoms with E-state index in [2.05, 4.69) is 20.2 Å². The van der Waals surface area contributed by atoms with Crippen molar-refractivity contribution in [1.29, 1.82) is 0 Å². The molecular weight excluding hydrogens is 232 g/mol. The predicted molar refractivity (Wildman–Crippen MR) is 63.6 cm³/mol. The molecule has 3 aromatic rings. The van der Waals surface area contributed by atoms with E-state index in [9.17, 15) is 4.79 Å². The molecule has 1 N–H and O–H groups in total. The Labute approximate surface area is 101 Å². The van der Waals surface area contributed by atoms with Gasteiger partial charge in [0.25, 0.3) is 5.56 Å². The van der Waals surface area contributed by atoms with E-state index < -0.39 is 0 Å². The Morgan fingerprint density at radius 3 is 2.72 bits per heavy atom. The van der Waals surface area contributed by atoms with Crippen molar-refractivity contribution in [2.45, 2.75) is 0 Å². The fourth-order valence-corrected chi connectivity index (χ4v) is 1.53. The van der Waals surface area contributed by atoms with Gasteiger partial charge < -0.3 is 9.40 Å². The van der Waals surface area contributed by atoms with Gasteiger partial charge in [0.15, 0.2) is 17.3 Å². The first kappa shape index (κ1) is 10.4. The van der Waals surface area contributed by atoms with E-state index in [1.165, 1.54) is 6.26 Å². The lowest BCUT2D eigenvalue weighted by atomic mass is 10.3. The van der Waals surface area contributed by atoms with Crippen molar-refractivity contribution in [3.05, 3.63) is 53.1 Å². The van der Waals surface area contributed by atoms with Crippen LogP contribution in [-0.4, -0.2) is 20.2 Å². The molecule has 0 amide bonds. The van der Waals surface area contributed by atoms with Gasteiger partial charge in [-0.3, -0.25) is 9.78 Å². The Morgan fingerprint density at radius 1 is 1.11 bits per heavy atom. The van der Waals surface area contributed by atoms with E-state index in [1.807, 2.05) is 6.07 Å². The zero-order valence-corrected chi connectivity index (χ0v) is 9.20. The van der Waals surface area contributed by atoms with Crippen molar-refractivity contribution in [2.24, 2.45) is 0 Å². The van der Waals surface area contributed by atoms with Gasteiger partial charge in [-0.15, -0.1) is 10.2 Å². The van der Waals surface area contributed by atoms with Gasteiger partial charge in [0.1, 0.15) is 5.69 Å². The van der Waals surface area contributed by atoms with Crippen molar-refractivity contribution < 1.29 is 4.42 Å². The standard InChI is InChI=1S/C12H8N4O2/c17-12-10(9-5-3-7-18-9)15-16-11(14-12)8-4-1-2-6-13-8/h1-7H,(H,14,16,17). The number of rotatable bonds is 2. The largest absolute Gasteiger partial charge is 0.462 e. The normalized spacial score (nSPS) is 10.4. The number of aromatic amines is 1. The number of nitrogens with one attached hydrogen (secondary N) is 1. The van der Waals surface area contributed by atoms with Gasteiger partial charge in [0.05, 0.1) is 6.26 Å². The zero-order chi connectivity index (χ0) is 12.4. The van der Waals surface area contributed by atoms with Crippen LogP contribution in [0.1, 0.15) is 0 Å². The molecule has 0 aliphatic heterocycles. The zero-order valence-electron chi connectivity index (χ0n) is 9.20. The van der Waals surface area contributed by atoms with Crippen LogP contribution in [-0.2, 0) is 0 Å². The van der Waals surface area contributed by atoms with Crippen LogP contribution in [0.4, 0.5) is 0 Å². The summed E-state index contributed by atoms with van der Waals surface area (Å²) in [5.74, 6) is 0.715. The van der Waals surface area contributed by atoms with Crippen LogP contribution in [0.3, 0.4) is 0 Å². The maximum absolute atomic E-state index is 11.9. The van der Waals surface area contributed by atoms with Gasteiger partial charge in [-0.1, -0.05) is 6.07 Å². The lowest BCUT2D eigenvalue weighted by Gasteiger charge is -1.99. The van der Waals surface area contributed by atoms with Crippen molar-refractivity contribution in [2.75, 3.05) is 0 Å². The van der Waals surface area contributed by atoms with Gasteiger partial charge in [-0.25, -0.2) is 0 Å². The molecule has 0 fully saturated rings. The Kier molecular flexibility index (Phi) is 2.45. The van der Waals surface area contributed by atoms with Gasteiger partial charge in [0.2, 0.25) is 0 Å². The first-order valence-corrected chi connectivity index (χ1v) is 5.27. The van der Waals surface area contributed by atoms with Gasteiger partial charge in [-0.05, 0) is 24.3 Å². The number of furan rings is 1. The number of hydrogen-bond acceptors (Lipinski definition) is 5. The molecule has 0 atom stereocenters. The molecule has 0 bridgehead atoms. The van der Waals surface area contributed by atoms with E-state index in [0.29, 0.717) is 17.3 Å². The molecule has 0 saturated carbocycles. The smallest absolute Gasteiger partial charge is 0.281 e. The summed E-state index contributed by atoms with van der Waals surface area (Å²) in [5, 5.41) is 7.81. The molecular formula is C12H8N4O2. The highest BCUT2D eigenvalue weighted by atomic mass is 16.3. The molecule has 0 aliphatic carbocycles. The van der Waals surface area contributed by atoms with Gasteiger partial charge in [-0.2, -0.15) is 0 Å². The van der Waals surface area contributed by atoms with Crippen LogP contribution in [0.25, 0.3) is 23.0 Å². The molecule has 18 heavy (non-hydrogen) atoms. The van der Waals surface area contributed by atoms with Crippen LogP contribution in [0.5, 0.6) is 0 Å². The van der Waals surface area contributed by atoms with Crippen molar-refractivity contribution in [1.82, 2.24) is 20.2 Å². The Morgan fingerprint density at radius 2 is 2.06 bits per heavy atom. The molecule has 3 heterocycles. The first-order chi connectivity index (χ1) is 8.84. The fraction of sp³-hybridized carbons (Fsp3) is 0. The summed E-state index contributed by atoms with van der Waals surface area (Å²) in [6, 6.07) is 8.67. The van der Waals surface area contributed by atoms with Crippen LogP contribution >= 0.6 is 0 Å². The van der Waals surface area contributed by atoms with Gasteiger partial charge >= 0.3 is 0 Å². The highest BCUT2D eigenvalue weighted by molar-refractivity contribution is 5.52.